The molecule has 0 atom stereocenters. The first kappa shape index (κ1) is 11.1. The SMILES string of the molecule is COC(=O)c1cncc(-c2ccc(O)cc2)c1. The molecule has 0 amide bonds. The molecule has 4 nitrogen and oxygen atoms in total. The van der Waals surface area contributed by atoms with Gasteiger partial charge in [-0.2, -0.15) is 0 Å². The van der Waals surface area contributed by atoms with Crippen LogP contribution in [0.3, 0.4) is 0 Å². The molecule has 0 spiro atoms. The molecule has 2 aromatic rings. The molecule has 1 aromatic carbocycles. The van der Waals surface area contributed by atoms with Crippen LogP contribution in [0.5, 0.6) is 5.75 Å². The van der Waals surface area contributed by atoms with Crippen molar-refractivity contribution in [1.82, 2.24) is 4.98 Å². The maximum absolute atomic E-state index is 11.3. The Hall–Kier alpha value is -2.36. The van der Waals surface area contributed by atoms with Crippen LogP contribution < -0.4 is 0 Å². The summed E-state index contributed by atoms with van der Waals surface area (Å²) < 4.78 is 4.63. The van der Waals surface area contributed by atoms with E-state index < -0.39 is 5.97 Å². The van der Waals surface area contributed by atoms with Gasteiger partial charge in [-0.05, 0) is 23.8 Å². The Morgan fingerprint density at radius 3 is 2.53 bits per heavy atom. The monoisotopic (exact) mass is 229 g/mol. The van der Waals surface area contributed by atoms with Crippen molar-refractivity contribution in [2.75, 3.05) is 7.11 Å². The van der Waals surface area contributed by atoms with Crippen LogP contribution in [-0.4, -0.2) is 23.2 Å². The Balaban J connectivity index is 2.39. The normalized spacial score (nSPS) is 9.94. The van der Waals surface area contributed by atoms with Crippen molar-refractivity contribution < 1.29 is 14.6 Å². The van der Waals surface area contributed by atoms with Crippen LogP contribution in [0.25, 0.3) is 11.1 Å². The minimum atomic E-state index is -0.418. The number of benzene rings is 1. The van der Waals surface area contributed by atoms with Gasteiger partial charge in [0.05, 0.1) is 12.7 Å². The lowest BCUT2D eigenvalue weighted by Gasteiger charge is -2.03. The first-order chi connectivity index (χ1) is 8.20. The molecule has 1 N–H and O–H groups in total. The summed E-state index contributed by atoms with van der Waals surface area (Å²) in [4.78, 5) is 15.3. The number of pyridine rings is 1. The zero-order valence-electron chi connectivity index (χ0n) is 9.25. The highest BCUT2D eigenvalue weighted by atomic mass is 16.5. The summed E-state index contributed by atoms with van der Waals surface area (Å²) in [6.45, 7) is 0. The highest BCUT2D eigenvalue weighted by Gasteiger charge is 2.07. The molecule has 0 bridgehead atoms. The van der Waals surface area contributed by atoms with Gasteiger partial charge in [0, 0.05) is 18.0 Å². The first-order valence-electron chi connectivity index (χ1n) is 5.03. The average Bonchev–Trinajstić information content (AvgIpc) is 2.39. The third kappa shape index (κ3) is 2.42. The fraction of sp³-hybridized carbons (Fsp3) is 0.0769. The maximum atomic E-state index is 11.3. The van der Waals surface area contributed by atoms with Crippen LogP contribution in [0.2, 0.25) is 0 Å². The lowest BCUT2D eigenvalue weighted by Crippen LogP contribution is -2.01. The number of methoxy groups -OCH3 is 1. The Morgan fingerprint density at radius 2 is 1.88 bits per heavy atom. The Kier molecular flexibility index (Phi) is 3.05. The second-order valence-electron chi connectivity index (χ2n) is 3.50. The van der Waals surface area contributed by atoms with Crippen molar-refractivity contribution in [3.05, 3.63) is 48.3 Å². The second kappa shape index (κ2) is 4.65. The molecule has 0 fully saturated rings. The Bertz CT molecular complexity index is 535. The third-order valence-corrected chi connectivity index (χ3v) is 2.36. The molecule has 1 heterocycles. The van der Waals surface area contributed by atoms with Crippen LogP contribution in [0.4, 0.5) is 0 Å². The van der Waals surface area contributed by atoms with Gasteiger partial charge in [-0.1, -0.05) is 12.1 Å². The highest BCUT2D eigenvalue weighted by Crippen LogP contribution is 2.21. The minimum absolute atomic E-state index is 0.200. The van der Waals surface area contributed by atoms with Gasteiger partial charge >= 0.3 is 5.97 Å². The smallest absolute Gasteiger partial charge is 0.339 e. The molecular formula is C13H11NO3. The van der Waals surface area contributed by atoms with E-state index in [4.69, 9.17) is 0 Å². The van der Waals surface area contributed by atoms with Gasteiger partial charge in [-0.25, -0.2) is 4.79 Å². The lowest BCUT2D eigenvalue weighted by molar-refractivity contribution is 0.0600. The summed E-state index contributed by atoms with van der Waals surface area (Å²) in [5, 5.41) is 9.19. The average molecular weight is 229 g/mol. The van der Waals surface area contributed by atoms with Gasteiger partial charge in [0.25, 0.3) is 0 Å². The van der Waals surface area contributed by atoms with Crippen LogP contribution >= 0.6 is 0 Å². The number of nitrogens with zero attached hydrogens (tertiary/aromatic N) is 1. The van der Waals surface area contributed by atoms with Crippen LogP contribution in [-0.2, 0) is 4.74 Å². The number of rotatable bonds is 2. The quantitative estimate of drug-likeness (QED) is 0.802. The number of hydrogen-bond donors (Lipinski definition) is 1. The van der Waals surface area contributed by atoms with Crippen molar-refractivity contribution in [2.24, 2.45) is 0 Å². The topological polar surface area (TPSA) is 59.4 Å². The molecule has 17 heavy (non-hydrogen) atoms. The van der Waals surface area contributed by atoms with E-state index in [0.717, 1.165) is 11.1 Å². The van der Waals surface area contributed by atoms with E-state index in [0.29, 0.717) is 5.56 Å². The van der Waals surface area contributed by atoms with E-state index in [2.05, 4.69) is 9.72 Å². The molecule has 0 aliphatic heterocycles. The predicted molar refractivity (Wildman–Crippen MR) is 62.7 cm³/mol. The summed E-state index contributed by atoms with van der Waals surface area (Å²) in [5.41, 5.74) is 2.08. The number of aromatic hydroxyl groups is 1. The molecule has 1 aromatic heterocycles. The largest absolute Gasteiger partial charge is 0.508 e. The van der Waals surface area contributed by atoms with Gasteiger partial charge in [-0.3, -0.25) is 4.98 Å². The fourth-order valence-electron chi connectivity index (χ4n) is 1.48. The van der Waals surface area contributed by atoms with Crippen LogP contribution in [0.1, 0.15) is 10.4 Å². The zero-order valence-corrected chi connectivity index (χ0v) is 9.25. The van der Waals surface area contributed by atoms with Gasteiger partial charge in [0.15, 0.2) is 0 Å². The van der Waals surface area contributed by atoms with Crippen LogP contribution in [0, 0.1) is 0 Å². The molecule has 0 aliphatic rings. The number of ether oxygens (including phenoxy) is 1. The third-order valence-electron chi connectivity index (χ3n) is 2.36. The molecule has 86 valence electrons. The summed E-state index contributed by atoms with van der Waals surface area (Å²) in [6.07, 6.45) is 3.11. The summed E-state index contributed by atoms with van der Waals surface area (Å²) in [5.74, 6) is -0.219. The van der Waals surface area contributed by atoms with Crippen LogP contribution in [0.15, 0.2) is 42.7 Å². The molecule has 4 heteroatoms. The number of esters is 1. The molecule has 0 radical (unpaired) electrons. The van der Waals surface area contributed by atoms with E-state index >= 15 is 0 Å². The molecule has 0 saturated carbocycles. The minimum Gasteiger partial charge on any atom is -0.508 e. The van der Waals surface area contributed by atoms with Crippen molar-refractivity contribution in [2.45, 2.75) is 0 Å². The van der Waals surface area contributed by atoms with E-state index in [1.54, 1.807) is 36.5 Å². The highest BCUT2D eigenvalue weighted by molar-refractivity contribution is 5.90. The number of hydrogen-bond acceptors (Lipinski definition) is 4. The summed E-state index contributed by atoms with van der Waals surface area (Å²) >= 11 is 0. The second-order valence-corrected chi connectivity index (χ2v) is 3.50. The van der Waals surface area contributed by atoms with Crippen molar-refractivity contribution >= 4 is 5.97 Å². The number of phenolic OH excluding ortho intramolecular Hbond substituents is 1. The Morgan fingerprint density at radius 1 is 1.18 bits per heavy atom. The van der Waals surface area contributed by atoms with E-state index in [1.807, 2.05) is 0 Å². The standard InChI is InChI=1S/C13H11NO3/c1-17-13(16)11-6-10(7-14-8-11)9-2-4-12(15)5-3-9/h2-8,15H,1H3. The molecule has 0 aliphatic carbocycles. The molecule has 0 saturated heterocycles. The predicted octanol–water partition coefficient (Wildman–Crippen LogP) is 2.24. The van der Waals surface area contributed by atoms with Gasteiger partial charge in [-0.15, -0.1) is 0 Å². The van der Waals surface area contributed by atoms with Crippen molar-refractivity contribution in [3.63, 3.8) is 0 Å². The summed E-state index contributed by atoms with van der Waals surface area (Å²) in [6, 6.07) is 8.38. The first-order valence-corrected chi connectivity index (χ1v) is 5.03. The van der Waals surface area contributed by atoms with Gasteiger partial charge < -0.3 is 9.84 Å². The molecule has 0 unspecified atom stereocenters. The van der Waals surface area contributed by atoms with E-state index in [1.165, 1.54) is 13.3 Å². The van der Waals surface area contributed by atoms with E-state index in [-0.39, 0.29) is 5.75 Å². The van der Waals surface area contributed by atoms with Crippen molar-refractivity contribution in [3.8, 4) is 16.9 Å². The molecular weight excluding hydrogens is 218 g/mol. The lowest BCUT2D eigenvalue weighted by atomic mass is 10.1. The van der Waals surface area contributed by atoms with Crippen molar-refractivity contribution in [1.29, 1.82) is 0 Å². The number of phenols is 1. The van der Waals surface area contributed by atoms with Gasteiger partial charge in [0.1, 0.15) is 5.75 Å². The zero-order chi connectivity index (χ0) is 12.3. The van der Waals surface area contributed by atoms with Gasteiger partial charge in [0.2, 0.25) is 0 Å². The number of carbonyl (C=O) groups excluding carboxylic acids is 1. The number of carbonyl (C=O) groups is 1. The molecule has 2 rings (SSSR count). The number of aromatic nitrogens is 1. The fourth-order valence-corrected chi connectivity index (χ4v) is 1.48. The maximum Gasteiger partial charge on any atom is 0.339 e. The van der Waals surface area contributed by atoms with E-state index in [9.17, 15) is 9.90 Å². The Labute approximate surface area is 98.5 Å². The summed E-state index contributed by atoms with van der Waals surface area (Å²) in [7, 11) is 1.33.